The lowest BCUT2D eigenvalue weighted by molar-refractivity contribution is -0.175. The fourth-order valence-electron chi connectivity index (χ4n) is 2.19. The Morgan fingerprint density at radius 1 is 1.46 bits per heavy atom. The highest BCUT2D eigenvalue weighted by atomic mass is 16.5. The molecule has 0 aromatic heterocycles. The van der Waals surface area contributed by atoms with Crippen LogP contribution in [0.2, 0.25) is 0 Å². The molecule has 0 aromatic rings. The highest BCUT2D eigenvalue weighted by molar-refractivity contribution is 5.83. The van der Waals surface area contributed by atoms with Crippen LogP contribution in [0, 0.1) is 11.3 Å². The maximum absolute atomic E-state index is 11.7. The first-order chi connectivity index (χ1) is 6.21. The fraction of sp³-hybridized carbons (Fsp3) is 0.900. The van der Waals surface area contributed by atoms with Crippen LogP contribution in [0.5, 0.6) is 0 Å². The molecule has 0 saturated carbocycles. The van der Waals surface area contributed by atoms with Gasteiger partial charge in [0, 0.05) is 7.05 Å². The SMILES string of the molecule is CCC(CC)C1(C(=O)NC)COC1. The highest BCUT2D eigenvalue weighted by Crippen LogP contribution is 2.39. The topological polar surface area (TPSA) is 38.3 Å². The lowest BCUT2D eigenvalue weighted by Crippen LogP contribution is -2.57. The van der Waals surface area contributed by atoms with E-state index in [0.717, 1.165) is 12.8 Å². The molecular formula is C10H19NO2. The minimum Gasteiger partial charge on any atom is -0.379 e. The molecule has 0 aromatic carbocycles. The fourth-order valence-corrected chi connectivity index (χ4v) is 2.19. The van der Waals surface area contributed by atoms with Crippen LogP contribution in [0.25, 0.3) is 0 Å². The average Bonchev–Trinajstić information content (AvgIpc) is 2.09. The molecule has 76 valence electrons. The number of rotatable bonds is 4. The van der Waals surface area contributed by atoms with E-state index in [2.05, 4.69) is 19.2 Å². The second-order valence-electron chi connectivity index (χ2n) is 3.74. The number of ether oxygens (including phenoxy) is 1. The van der Waals surface area contributed by atoms with Gasteiger partial charge in [-0.3, -0.25) is 4.79 Å². The molecule has 0 bridgehead atoms. The van der Waals surface area contributed by atoms with Gasteiger partial charge < -0.3 is 10.1 Å². The van der Waals surface area contributed by atoms with Crippen LogP contribution in [-0.4, -0.2) is 26.2 Å². The molecule has 3 heteroatoms. The van der Waals surface area contributed by atoms with Crippen LogP contribution in [0.15, 0.2) is 0 Å². The van der Waals surface area contributed by atoms with Gasteiger partial charge in [-0.1, -0.05) is 26.7 Å². The molecule has 1 saturated heterocycles. The van der Waals surface area contributed by atoms with E-state index < -0.39 is 0 Å². The second-order valence-corrected chi connectivity index (χ2v) is 3.74. The summed E-state index contributed by atoms with van der Waals surface area (Å²) < 4.78 is 5.18. The molecule has 1 N–H and O–H groups in total. The summed E-state index contributed by atoms with van der Waals surface area (Å²) in [5.74, 6) is 0.605. The summed E-state index contributed by atoms with van der Waals surface area (Å²) in [6.45, 7) is 5.46. The normalized spacial score (nSPS) is 19.7. The van der Waals surface area contributed by atoms with Gasteiger partial charge in [-0.15, -0.1) is 0 Å². The van der Waals surface area contributed by atoms with Gasteiger partial charge in [0.05, 0.1) is 18.6 Å². The predicted molar refractivity (Wildman–Crippen MR) is 51.4 cm³/mol. The maximum Gasteiger partial charge on any atom is 0.230 e. The summed E-state index contributed by atoms with van der Waals surface area (Å²) in [7, 11) is 1.70. The second kappa shape index (κ2) is 4.09. The minimum absolute atomic E-state index is 0.146. The largest absolute Gasteiger partial charge is 0.379 e. The maximum atomic E-state index is 11.7. The zero-order chi connectivity index (χ0) is 9.90. The first-order valence-corrected chi connectivity index (χ1v) is 5.01. The van der Waals surface area contributed by atoms with E-state index in [-0.39, 0.29) is 11.3 Å². The van der Waals surface area contributed by atoms with Crippen molar-refractivity contribution in [2.24, 2.45) is 11.3 Å². The summed E-state index contributed by atoms with van der Waals surface area (Å²) in [5, 5.41) is 2.74. The van der Waals surface area contributed by atoms with Gasteiger partial charge in [0.25, 0.3) is 0 Å². The van der Waals surface area contributed by atoms with E-state index in [1.54, 1.807) is 7.05 Å². The standard InChI is InChI=1S/C10H19NO2/c1-4-8(5-2)10(6-13-7-10)9(12)11-3/h8H,4-7H2,1-3H3,(H,11,12). The Labute approximate surface area is 79.8 Å². The van der Waals surface area contributed by atoms with Crippen molar-refractivity contribution in [2.45, 2.75) is 26.7 Å². The number of hydrogen-bond acceptors (Lipinski definition) is 2. The van der Waals surface area contributed by atoms with E-state index in [4.69, 9.17) is 4.74 Å². The highest BCUT2D eigenvalue weighted by Gasteiger charge is 2.49. The first-order valence-electron chi connectivity index (χ1n) is 5.01. The lowest BCUT2D eigenvalue weighted by Gasteiger charge is -2.45. The van der Waals surface area contributed by atoms with E-state index in [9.17, 15) is 4.79 Å². The number of carbonyl (C=O) groups is 1. The van der Waals surface area contributed by atoms with Crippen molar-refractivity contribution in [3.63, 3.8) is 0 Å². The van der Waals surface area contributed by atoms with Crippen molar-refractivity contribution in [1.82, 2.24) is 5.32 Å². The molecular weight excluding hydrogens is 166 g/mol. The third kappa shape index (κ3) is 1.57. The smallest absolute Gasteiger partial charge is 0.230 e. The Kier molecular flexibility index (Phi) is 3.31. The third-order valence-corrected chi connectivity index (χ3v) is 3.17. The zero-order valence-corrected chi connectivity index (χ0v) is 8.72. The Hall–Kier alpha value is -0.570. The van der Waals surface area contributed by atoms with Crippen molar-refractivity contribution in [3.05, 3.63) is 0 Å². The Morgan fingerprint density at radius 3 is 2.23 bits per heavy atom. The molecule has 3 nitrogen and oxygen atoms in total. The number of carbonyl (C=O) groups excluding carboxylic acids is 1. The Bertz CT molecular complexity index is 183. The minimum atomic E-state index is -0.224. The molecule has 13 heavy (non-hydrogen) atoms. The molecule has 1 aliphatic heterocycles. The molecule has 0 aliphatic carbocycles. The average molecular weight is 185 g/mol. The van der Waals surface area contributed by atoms with Crippen LogP contribution >= 0.6 is 0 Å². The van der Waals surface area contributed by atoms with Gasteiger partial charge in [-0.25, -0.2) is 0 Å². The summed E-state index contributed by atoms with van der Waals surface area (Å²) in [6, 6.07) is 0. The van der Waals surface area contributed by atoms with Crippen LogP contribution in [0.1, 0.15) is 26.7 Å². The van der Waals surface area contributed by atoms with Gasteiger partial charge in [0.2, 0.25) is 5.91 Å². The monoisotopic (exact) mass is 185 g/mol. The van der Waals surface area contributed by atoms with Crippen molar-refractivity contribution in [2.75, 3.05) is 20.3 Å². The molecule has 1 rings (SSSR count). The van der Waals surface area contributed by atoms with Gasteiger partial charge in [-0.05, 0) is 5.92 Å². The zero-order valence-electron chi connectivity index (χ0n) is 8.72. The number of amides is 1. The quantitative estimate of drug-likeness (QED) is 0.714. The van der Waals surface area contributed by atoms with E-state index in [0.29, 0.717) is 19.1 Å². The summed E-state index contributed by atoms with van der Waals surface area (Å²) in [4.78, 5) is 11.7. The molecule has 0 spiro atoms. The van der Waals surface area contributed by atoms with Crippen LogP contribution in [0.4, 0.5) is 0 Å². The van der Waals surface area contributed by atoms with E-state index >= 15 is 0 Å². The molecule has 0 unspecified atom stereocenters. The lowest BCUT2D eigenvalue weighted by atomic mass is 9.70. The van der Waals surface area contributed by atoms with E-state index in [1.165, 1.54) is 0 Å². The van der Waals surface area contributed by atoms with Crippen LogP contribution < -0.4 is 5.32 Å². The van der Waals surface area contributed by atoms with Crippen molar-refractivity contribution >= 4 is 5.91 Å². The first kappa shape index (κ1) is 10.5. The molecule has 1 amide bonds. The number of nitrogens with one attached hydrogen (secondary N) is 1. The third-order valence-electron chi connectivity index (χ3n) is 3.17. The molecule has 1 fully saturated rings. The molecule has 0 radical (unpaired) electrons. The van der Waals surface area contributed by atoms with E-state index in [1.807, 2.05) is 0 Å². The van der Waals surface area contributed by atoms with Crippen molar-refractivity contribution < 1.29 is 9.53 Å². The number of hydrogen-bond donors (Lipinski definition) is 1. The Morgan fingerprint density at radius 2 is 2.00 bits per heavy atom. The predicted octanol–water partition coefficient (Wildman–Crippen LogP) is 1.19. The van der Waals surface area contributed by atoms with Crippen molar-refractivity contribution in [3.8, 4) is 0 Å². The van der Waals surface area contributed by atoms with Gasteiger partial charge in [0.15, 0.2) is 0 Å². The van der Waals surface area contributed by atoms with Crippen LogP contribution in [0.3, 0.4) is 0 Å². The van der Waals surface area contributed by atoms with Crippen LogP contribution in [-0.2, 0) is 9.53 Å². The summed E-state index contributed by atoms with van der Waals surface area (Å²) in [5.41, 5.74) is -0.224. The molecule has 1 heterocycles. The molecule has 0 atom stereocenters. The molecule has 1 aliphatic rings. The van der Waals surface area contributed by atoms with Gasteiger partial charge in [0.1, 0.15) is 0 Å². The summed E-state index contributed by atoms with van der Waals surface area (Å²) >= 11 is 0. The Balaban J connectivity index is 2.73. The van der Waals surface area contributed by atoms with Crippen molar-refractivity contribution in [1.29, 1.82) is 0 Å². The van der Waals surface area contributed by atoms with Gasteiger partial charge >= 0.3 is 0 Å². The van der Waals surface area contributed by atoms with Gasteiger partial charge in [-0.2, -0.15) is 0 Å². The summed E-state index contributed by atoms with van der Waals surface area (Å²) in [6.07, 6.45) is 2.10.